The number of hydrogen-bond acceptors (Lipinski definition) is 6. The molecule has 2 aromatic carbocycles. The number of rotatable bonds is 4. The van der Waals surface area contributed by atoms with E-state index in [1.54, 1.807) is 4.68 Å². The number of hydrogen-bond donors (Lipinski definition) is 1. The molecular weight excluding hydrogens is 490 g/mol. The lowest BCUT2D eigenvalue weighted by Gasteiger charge is -2.34. The molecule has 0 saturated carbocycles. The van der Waals surface area contributed by atoms with E-state index in [1.165, 1.54) is 5.57 Å². The summed E-state index contributed by atoms with van der Waals surface area (Å²) < 4.78 is 15.3. The maximum absolute atomic E-state index is 9.39. The summed E-state index contributed by atoms with van der Waals surface area (Å²) in [5, 5.41) is 18.6. The summed E-state index contributed by atoms with van der Waals surface area (Å²) in [6.07, 6.45) is 2.91. The first-order valence-electron chi connectivity index (χ1n) is 12.4. The molecule has 3 aliphatic rings. The Kier molecular flexibility index (Phi) is 5.21. The maximum atomic E-state index is 9.39. The van der Waals surface area contributed by atoms with Gasteiger partial charge in [-0.05, 0) is 54.3 Å². The second-order valence-electron chi connectivity index (χ2n) is 9.80. The van der Waals surface area contributed by atoms with Crippen molar-refractivity contribution < 1.29 is 9.47 Å². The van der Waals surface area contributed by atoms with Crippen LogP contribution in [0.1, 0.15) is 46.8 Å². The average molecular weight is 516 g/mol. The van der Waals surface area contributed by atoms with Crippen LogP contribution < -0.4 is 4.90 Å². The van der Waals surface area contributed by atoms with Crippen LogP contribution in [0, 0.1) is 12.3 Å². The summed E-state index contributed by atoms with van der Waals surface area (Å²) in [5.74, 6) is 1.30. The molecule has 0 aliphatic carbocycles. The highest BCUT2D eigenvalue weighted by Gasteiger charge is 2.44. The number of nitrogens with zero attached hydrogens (tertiary/aromatic N) is 6. The molecule has 1 saturated heterocycles. The van der Waals surface area contributed by atoms with Gasteiger partial charge in [-0.15, -0.1) is 5.10 Å². The molecule has 7 rings (SSSR count). The van der Waals surface area contributed by atoms with Crippen LogP contribution in [-0.2, 0) is 16.5 Å². The molecule has 1 N–H and O–H groups in total. The molecule has 5 heterocycles. The van der Waals surface area contributed by atoms with Crippen LogP contribution >= 0.6 is 11.6 Å². The molecule has 0 radical (unpaired) electrons. The quantitative estimate of drug-likeness (QED) is 0.432. The molecular formula is C27H26ClN7O2. The lowest BCUT2D eigenvalue weighted by atomic mass is 10.0. The Bertz CT molecular complexity index is 1580. The van der Waals surface area contributed by atoms with Crippen molar-refractivity contribution in [3.63, 3.8) is 0 Å². The van der Waals surface area contributed by atoms with Gasteiger partial charge in [0, 0.05) is 17.8 Å². The predicted octanol–water partition coefficient (Wildman–Crippen LogP) is 4.44. The number of nitrogens with one attached hydrogen (secondary N) is 1. The Balaban J connectivity index is 1.46. The minimum atomic E-state index is -0.250. The Hall–Kier alpha value is -3.53. The van der Waals surface area contributed by atoms with Gasteiger partial charge in [-0.2, -0.15) is 0 Å². The van der Waals surface area contributed by atoms with Gasteiger partial charge in [-0.3, -0.25) is 5.41 Å². The number of aromatic nitrogens is 5. The molecule has 1 atom stereocenters. The van der Waals surface area contributed by atoms with E-state index in [9.17, 15) is 5.41 Å². The van der Waals surface area contributed by atoms with Crippen LogP contribution in [0.25, 0.3) is 16.6 Å². The molecule has 2 aromatic heterocycles. The van der Waals surface area contributed by atoms with E-state index in [0.717, 1.165) is 45.8 Å². The zero-order chi connectivity index (χ0) is 25.3. The van der Waals surface area contributed by atoms with Crippen molar-refractivity contribution in [1.29, 1.82) is 5.41 Å². The summed E-state index contributed by atoms with van der Waals surface area (Å²) in [6.45, 7) is 4.55. The average Bonchev–Trinajstić information content (AvgIpc) is 3.52. The first-order valence-corrected chi connectivity index (χ1v) is 12.8. The summed E-state index contributed by atoms with van der Waals surface area (Å²) in [5.41, 5.74) is 7.63. The molecule has 1 unspecified atom stereocenters. The minimum Gasteiger partial charge on any atom is -0.377 e. The second kappa shape index (κ2) is 8.51. The lowest BCUT2D eigenvalue weighted by Crippen LogP contribution is -2.35. The number of fused-ring (bicyclic) bond motifs is 2. The second-order valence-corrected chi connectivity index (χ2v) is 10.2. The van der Waals surface area contributed by atoms with Gasteiger partial charge in [0.25, 0.3) is 0 Å². The molecule has 1 fully saturated rings. The molecule has 0 amide bonds. The van der Waals surface area contributed by atoms with Gasteiger partial charge in [-0.1, -0.05) is 35.0 Å². The normalized spacial score (nSPS) is 19.9. The van der Waals surface area contributed by atoms with E-state index >= 15 is 0 Å². The summed E-state index contributed by atoms with van der Waals surface area (Å²) >= 11 is 6.28. The van der Waals surface area contributed by atoms with Gasteiger partial charge in [0.1, 0.15) is 23.1 Å². The smallest absolute Gasteiger partial charge is 0.154 e. The number of anilines is 1. The fourth-order valence-corrected chi connectivity index (χ4v) is 5.72. The van der Waals surface area contributed by atoms with Gasteiger partial charge in [0.05, 0.1) is 43.7 Å². The van der Waals surface area contributed by atoms with Gasteiger partial charge >= 0.3 is 0 Å². The van der Waals surface area contributed by atoms with Gasteiger partial charge in [0.15, 0.2) is 5.84 Å². The van der Waals surface area contributed by atoms with Crippen molar-refractivity contribution in [1.82, 2.24) is 24.5 Å². The molecule has 10 heteroatoms. The zero-order valence-electron chi connectivity index (χ0n) is 20.6. The SMILES string of the molecule is Cc1cc(N2C(=N)c3nc(C4=CCOCC4)n(C4COC4)c3C2c2ccc(Cl)cc2)cc2c1nnn2C. The highest BCUT2D eigenvalue weighted by atomic mass is 35.5. The molecule has 9 nitrogen and oxygen atoms in total. The summed E-state index contributed by atoms with van der Waals surface area (Å²) in [7, 11) is 1.89. The molecule has 188 valence electrons. The number of aryl methyl sites for hydroxylation is 2. The highest BCUT2D eigenvalue weighted by molar-refractivity contribution is 6.30. The standard InChI is InChI=1S/C27H26ClN7O2/c1-15-11-19(12-21-22(15)31-32-33(21)2)34-24(16-3-5-18(28)6-4-16)25-23(26(34)29)30-27(17-7-9-36-10-8-17)35(25)20-13-37-14-20/h3-7,11-12,20,24,29H,8-10,13-14H2,1-2H3. The van der Waals surface area contributed by atoms with Crippen LogP contribution in [0.5, 0.6) is 0 Å². The minimum absolute atomic E-state index is 0.169. The molecule has 0 bridgehead atoms. The van der Waals surface area contributed by atoms with Crippen LogP contribution in [0.2, 0.25) is 5.02 Å². The topological polar surface area (TPSA) is 94.1 Å². The maximum Gasteiger partial charge on any atom is 0.154 e. The number of imidazole rings is 1. The monoisotopic (exact) mass is 515 g/mol. The third kappa shape index (κ3) is 3.45. The van der Waals surface area contributed by atoms with Crippen molar-refractivity contribution >= 4 is 39.7 Å². The third-order valence-corrected chi connectivity index (χ3v) is 7.78. The van der Waals surface area contributed by atoms with E-state index < -0.39 is 0 Å². The Morgan fingerprint density at radius 1 is 1.11 bits per heavy atom. The number of halogens is 1. The lowest BCUT2D eigenvalue weighted by molar-refractivity contribution is -0.0249. The summed E-state index contributed by atoms with van der Waals surface area (Å²) in [4.78, 5) is 7.19. The Morgan fingerprint density at radius 2 is 1.92 bits per heavy atom. The van der Waals surface area contributed by atoms with Crippen molar-refractivity contribution in [3.8, 4) is 0 Å². The highest BCUT2D eigenvalue weighted by Crippen LogP contribution is 2.46. The Labute approximate surface area is 218 Å². The van der Waals surface area contributed by atoms with Crippen LogP contribution in [0.15, 0.2) is 42.5 Å². The van der Waals surface area contributed by atoms with E-state index in [-0.39, 0.29) is 12.1 Å². The van der Waals surface area contributed by atoms with Crippen LogP contribution in [0.3, 0.4) is 0 Å². The van der Waals surface area contributed by atoms with Gasteiger partial charge in [-0.25, -0.2) is 9.67 Å². The van der Waals surface area contributed by atoms with Crippen LogP contribution in [-0.4, -0.2) is 56.8 Å². The van der Waals surface area contributed by atoms with Crippen molar-refractivity contribution in [3.05, 3.63) is 75.8 Å². The zero-order valence-corrected chi connectivity index (χ0v) is 21.4. The number of amidine groups is 1. The molecule has 37 heavy (non-hydrogen) atoms. The number of benzene rings is 2. The van der Waals surface area contributed by atoms with Gasteiger partial charge < -0.3 is 18.9 Å². The summed E-state index contributed by atoms with van der Waals surface area (Å²) in [6, 6.07) is 12.0. The first kappa shape index (κ1) is 22.7. The van der Waals surface area contributed by atoms with Crippen molar-refractivity contribution in [2.75, 3.05) is 31.3 Å². The molecule has 4 aromatic rings. The van der Waals surface area contributed by atoms with Crippen molar-refractivity contribution in [2.45, 2.75) is 25.4 Å². The predicted molar refractivity (Wildman–Crippen MR) is 141 cm³/mol. The fourth-order valence-electron chi connectivity index (χ4n) is 5.59. The van der Waals surface area contributed by atoms with E-state index in [0.29, 0.717) is 43.0 Å². The Morgan fingerprint density at radius 3 is 2.62 bits per heavy atom. The first-order chi connectivity index (χ1) is 18.0. The molecule has 0 spiro atoms. The largest absolute Gasteiger partial charge is 0.377 e. The fraction of sp³-hybridized carbons (Fsp3) is 0.333. The van der Waals surface area contributed by atoms with Crippen molar-refractivity contribution in [2.24, 2.45) is 7.05 Å². The van der Waals surface area contributed by atoms with E-state index in [4.69, 9.17) is 26.1 Å². The number of ether oxygens (including phenoxy) is 2. The third-order valence-electron chi connectivity index (χ3n) is 7.52. The molecule has 3 aliphatic heterocycles. The van der Waals surface area contributed by atoms with E-state index in [2.05, 4.69) is 38.0 Å². The van der Waals surface area contributed by atoms with Crippen LogP contribution in [0.4, 0.5) is 5.69 Å². The van der Waals surface area contributed by atoms with Gasteiger partial charge in [0.2, 0.25) is 0 Å². The van der Waals surface area contributed by atoms with E-state index in [1.807, 2.05) is 38.2 Å².